The maximum atomic E-state index is 12.5. The van der Waals surface area contributed by atoms with Crippen LogP contribution in [0.25, 0.3) is 5.95 Å². The van der Waals surface area contributed by atoms with Gasteiger partial charge >= 0.3 is 12.0 Å². The summed E-state index contributed by atoms with van der Waals surface area (Å²) in [5, 5.41) is 12.4. The third-order valence-electron chi connectivity index (χ3n) is 5.00. The molecule has 37 heavy (non-hydrogen) atoms. The van der Waals surface area contributed by atoms with E-state index in [-0.39, 0.29) is 5.56 Å². The summed E-state index contributed by atoms with van der Waals surface area (Å²) in [5.41, 5.74) is 3.55. The van der Waals surface area contributed by atoms with Gasteiger partial charge in [-0.15, -0.1) is 0 Å². The van der Waals surface area contributed by atoms with Gasteiger partial charge in [-0.25, -0.2) is 19.6 Å². The van der Waals surface area contributed by atoms with E-state index in [1.54, 1.807) is 37.3 Å². The molecule has 0 aliphatic rings. The van der Waals surface area contributed by atoms with Gasteiger partial charge in [-0.1, -0.05) is 18.2 Å². The Morgan fingerprint density at radius 1 is 0.784 bits per heavy atom. The largest absolute Gasteiger partial charge is 0.452 e. The first-order valence-corrected chi connectivity index (χ1v) is 11.4. The molecule has 0 spiro atoms. The number of nitrogens with one attached hydrogen (secondary N) is 3. The summed E-state index contributed by atoms with van der Waals surface area (Å²) >= 11 is 0. The zero-order chi connectivity index (χ0) is 26.4. The second-order valence-corrected chi connectivity index (χ2v) is 8.18. The number of rotatable bonds is 7. The first-order chi connectivity index (χ1) is 17.8. The molecule has 11 heteroatoms. The molecule has 0 radical (unpaired) electrons. The van der Waals surface area contributed by atoms with E-state index in [0.717, 1.165) is 11.4 Å². The Kier molecular flexibility index (Phi) is 7.53. The van der Waals surface area contributed by atoms with Crippen LogP contribution < -0.4 is 16.0 Å². The van der Waals surface area contributed by atoms with Gasteiger partial charge in [-0.05, 0) is 63.2 Å². The second kappa shape index (κ2) is 11.1. The number of anilines is 3. The average Bonchev–Trinajstić information content (AvgIpc) is 3.22. The van der Waals surface area contributed by atoms with Gasteiger partial charge in [0.15, 0.2) is 6.61 Å². The third kappa shape index (κ3) is 6.75. The van der Waals surface area contributed by atoms with E-state index in [0.29, 0.717) is 28.8 Å². The van der Waals surface area contributed by atoms with Crippen molar-refractivity contribution in [2.24, 2.45) is 0 Å². The predicted molar refractivity (Wildman–Crippen MR) is 138 cm³/mol. The number of urea groups is 1. The lowest BCUT2D eigenvalue weighted by atomic mass is 10.2. The quantitative estimate of drug-likeness (QED) is 0.326. The summed E-state index contributed by atoms with van der Waals surface area (Å²) in [6.07, 6.45) is 0. The van der Waals surface area contributed by atoms with E-state index in [4.69, 9.17) is 4.74 Å². The molecule has 0 saturated heterocycles. The number of nitrogens with zero attached hydrogens (tertiary/aromatic N) is 4. The lowest BCUT2D eigenvalue weighted by molar-refractivity contribution is -0.119. The molecule has 0 saturated carbocycles. The molecule has 3 N–H and O–H groups in total. The first-order valence-electron chi connectivity index (χ1n) is 11.4. The monoisotopic (exact) mass is 499 g/mol. The molecule has 3 amide bonds. The molecule has 2 aromatic carbocycles. The number of aromatic nitrogens is 4. The van der Waals surface area contributed by atoms with E-state index < -0.39 is 24.5 Å². The number of hydrogen-bond donors (Lipinski definition) is 3. The SMILES string of the molecule is Cc1cc(C)nc(-n2nc(C)cc2NC(=O)COC(=O)c2ccc(NC(=O)Nc3ccccc3)cc2)n1. The van der Waals surface area contributed by atoms with Crippen LogP contribution in [0.1, 0.15) is 27.4 Å². The van der Waals surface area contributed by atoms with Crippen molar-refractivity contribution in [2.75, 3.05) is 22.6 Å². The number of para-hydroxylation sites is 1. The van der Waals surface area contributed by atoms with Gasteiger partial charge in [0, 0.05) is 28.8 Å². The number of aryl methyl sites for hydroxylation is 3. The maximum absolute atomic E-state index is 12.5. The smallest absolute Gasteiger partial charge is 0.338 e. The van der Waals surface area contributed by atoms with Gasteiger partial charge in [0.05, 0.1) is 11.3 Å². The van der Waals surface area contributed by atoms with E-state index in [9.17, 15) is 14.4 Å². The van der Waals surface area contributed by atoms with Gasteiger partial charge in [-0.2, -0.15) is 9.78 Å². The van der Waals surface area contributed by atoms with Gasteiger partial charge in [0.1, 0.15) is 5.82 Å². The number of benzene rings is 2. The van der Waals surface area contributed by atoms with Crippen molar-refractivity contribution < 1.29 is 19.1 Å². The average molecular weight is 500 g/mol. The van der Waals surface area contributed by atoms with Gasteiger partial charge < -0.3 is 20.7 Å². The fourth-order valence-electron chi connectivity index (χ4n) is 3.44. The molecule has 4 aromatic rings. The van der Waals surface area contributed by atoms with E-state index >= 15 is 0 Å². The first kappa shape index (κ1) is 25.0. The molecule has 4 rings (SSSR count). The molecule has 11 nitrogen and oxygen atoms in total. The Morgan fingerprint density at radius 3 is 2.05 bits per heavy atom. The Labute approximate surface area is 212 Å². The van der Waals surface area contributed by atoms with E-state index in [2.05, 4.69) is 31.0 Å². The van der Waals surface area contributed by atoms with Gasteiger partial charge in [0.2, 0.25) is 0 Å². The topological polar surface area (TPSA) is 140 Å². The summed E-state index contributed by atoms with van der Waals surface area (Å²) in [7, 11) is 0. The van der Waals surface area contributed by atoms with Crippen LogP contribution in [0.15, 0.2) is 66.7 Å². The van der Waals surface area contributed by atoms with Gasteiger partial charge in [0.25, 0.3) is 11.9 Å². The van der Waals surface area contributed by atoms with Crippen LogP contribution in [0.2, 0.25) is 0 Å². The zero-order valence-electron chi connectivity index (χ0n) is 20.5. The number of esters is 1. The molecule has 0 unspecified atom stereocenters. The molecular weight excluding hydrogens is 474 g/mol. The van der Waals surface area contributed by atoms with E-state index in [1.807, 2.05) is 38.1 Å². The summed E-state index contributed by atoms with van der Waals surface area (Å²) in [4.78, 5) is 45.7. The number of ether oxygens (including phenoxy) is 1. The highest BCUT2D eigenvalue weighted by Gasteiger charge is 2.16. The maximum Gasteiger partial charge on any atom is 0.338 e. The molecule has 0 aliphatic carbocycles. The van der Waals surface area contributed by atoms with Crippen LogP contribution in [0, 0.1) is 20.8 Å². The molecule has 2 aromatic heterocycles. The van der Waals surface area contributed by atoms with Crippen LogP contribution in [0.4, 0.5) is 22.0 Å². The number of carbonyl (C=O) groups is 3. The van der Waals surface area contributed by atoms with Crippen LogP contribution in [-0.2, 0) is 9.53 Å². The molecule has 2 heterocycles. The van der Waals surface area contributed by atoms with Crippen molar-refractivity contribution in [2.45, 2.75) is 20.8 Å². The van der Waals surface area contributed by atoms with Crippen molar-refractivity contribution >= 4 is 35.1 Å². The summed E-state index contributed by atoms with van der Waals surface area (Å²) in [6.45, 7) is 4.96. The van der Waals surface area contributed by atoms with E-state index in [1.165, 1.54) is 16.8 Å². The fraction of sp³-hybridized carbons (Fsp3) is 0.154. The number of carbonyl (C=O) groups excluding carboxylic acids is 3. The molecule has 0 atom stereocenters. The van der Waals surface area contributed by atoms with Crippen molar-refractivity contribution in [1.29, 1.82) is 0 Å². The van der Waals surface area contributed by atoms with Crippen molar-refractivity contribution in [1.82, 2.24) is 19.7 Å². The van der Waals surface area contributed by atoms with Crippen LogP contribution in [0.5, 0.6) is 0 Å². The predicted octanol–water partition coefficient (Wildman–Crippen LogP) is 4.03. The minimum Gasteiger partial charge on any atom is -0.452 e. The van der Waals surface area contributed by atoms with Crippen LogP contribution in [-0.4, -0.2) is 44.3 Å². The Morgan fingerprint density at radius 2 is 1.41 bits per heavy atom. The Hall–Kier alpha value is -5.06. The van der Waals surface area contributed by atoms with Crippen LogP contribution in [0.3, 0.4) is 0 Å². The second-order valence-electron chi connectivity index (χ2n) is 8.18. The minimum atomic E-state index is -0.683. The Bertz CT molecular complexity index is 1410. The summed E-state index contributed by atoms with van der Waals surface area (Å²) < 4.78 is 6.57. The molecule has 188 valence electrons. The highest BCUT2D eigenvalue weighted by Crippen LogP contribution is 2.16. The van der Waals surface area contributed by atoms with Crippen LogP contribution >= 0.6 is 0 Å². The molecule has 0 aliphatic heterocycles. The normalized spacial score (nSPS) is 10.5. The lowest BCUT2D eigenvalue weighted by Gasteiger charge is -2.10. The van der Waals surface area contributed by atoms with Gasteiger partial charge in [-0.3, -0.25) is 4.79 Å². The number of amides is 3. The zero-order valence-corrected chi connectivity index (χ0v) is 20.5. The van der Waals surface area contributed by atoms with Crippen molar-refractivity contribution in [3.05, 3.63) is 89.4 Å². The summed E-state index contributed by atoms with van der Waals surface area (Å²) in [6, 6.07) is 18.2. The third-order valence-corrected chi connectivity index (χ3v) is 5.00. The molecule has 0 fully saturated rings. The van der Waals surface area contributed by atoms with Crippen molar-refractivity contribution in [3.63, 3.8) is 0 Å². The molecule has 0 bridgehead atoms. The number of hydrogen-bond acceptors (Lipinski definition) is 7. The lowest BCUT2D eigenvalue weighted by Crippen LogP contribution is -2.23. The van der Waals surface area contributed by atoms with Crippen molar-refractivity contribution in [3.8, 4) is 5.95 Å². The fourth-order valence-corrected chi connectivity index (χ4v) is 3.44. The standard InChI is InChI=1S/C26H25N7O4/c1-16-13-17(2)28-25(27-16)33-22(14-18(3)32-33)31-23(34)15-37-24(35)19-9-11-21(12-10-19)30-26(36)29-20-7-5-4-6-8-20/h4-14H,15H2,1-3H3,(H,31,34)(H2,29,30,36). The highest BCUT2D eigenvalue weighted by atomic mass is 16.5. The Balaban J connectivity index is 1.31. The summed E-state index contributed by atoms with van der Waals surface area (Å²) in [5.74, 6) is -0.552. The highest BCUT2D eigenvalue weighted by molar-refractivity contribution is 6.00. The molecular formula is C26H25N7O4. The minimum absolute atomic E-state index is 0.228.